The lowest BCUT2D eigenvalue weighted by molar-refractivity contribution is -0.129. The fourth-order valence-corrected chi connectivity index (χ4v) is 2.14. The predicted molar refractivity (Wildman–Crippen MR) is 87.2 cm³/mol. The van der Waals surface area contributed by atoms with Crippen molar-refractivity contribution in [1.82, 2.24) is 4.90 Å². The van der Waals surface area contributed by atoms with Crippen molar-refractivity contribution in [2.24, 2.45) is 0 Å². The Morgan fingerprint density at radius 3 is 2.30 bits per heavy atom. The van der Waals surface area contributed by atoms with Gasteiger partial charge in [0.15, 0.2) is 0 Å². The molecule has 2 rings (SSSR count). The highest BCUT2D eigenvalue weighted by Gasteiger charge is 2.12. The molecule has 0 spiro atoms. The summed E-state index contributed by atoms with van der Waals surface area (Å²) in [6.07, 6.45) is 0.184. The topological polar surface area (TPSA) is 49.4 Å². The van der Waals surface area contributed by atoms with Crippen LogP contribution in [0.3, 0.4) is 0 Å². The number of rotatable bonds is 6. The number of carbonyl (C=O) groups excluding carboxylic acids is 2. The molecule has 0 fully saturated rings. The third-order valence-electron chi connectivity index (χ3n) is 3.40. The van der Waals surface area contributed by atoms with Crippen molar-refractivity contribution in [3.8, 4) is 0 Å². The maximum Gasteiger partial charge on any atom is 0.226 e. The molecule has 1 N–H and O–H groups in total. The fraction of sp³-hybridized carbons (Fsp3) is 0.222. The van der Waals surface area contributed by atoms with Gasteiger partial charge in [0.05, 0.1) is 0 Å². The average molecular weight is 314 g/mol. The number of hydrogen-bond acceptors (Lipinski definition) is 2. The number of benzene rings is 2. The Kier molecular flexibility index (Phi) is 5.86. The van der Waals surface area contributed by atoms with Crippen LogP contribution >= 0.6 is 0 Å². The summed E-state index contributed by atoms with van der Waals surface area (Å²) in [6.45, 7) is 2.29. The monoisotopic (exact) mass is 314 g/mol. The van der Waals surface area contributed by atoms with Gasteiger partial charge < -0.3 is 10.2 Å². The standard InChI is InChI=1S/C18H19FN2O2/c1-14(22)21(13-15-5-3-2-4-6-15)12-11-18(23)20-17-9-7-16(19)8-10-17/h2-10H,11-13H2,1H3,(H,20,23). The van der Waals surface area contributed by atoms with Gasteiger partial charge in [-0.05, 0) is 29.8 Å². The molecule has 0 saturated heterocycles. The largest absolute Gasteiger partial charge is 0.338 e. The third-order valence-corrected chi connectivity index (χ3v) is 3.40. The second kappa shape index (κ2) is 8.08. The van der Waals surface area contributed by atoms with Gasteiger partial charge in [-0.1, -0.05) is 30.3 Å². The Labute approximate surface area is 134 Å². The zero-order valence-corrected chi connectivity index (χ0v) is 13.0. The van der Waals surface area contributed by atoms with E-state index in [1.807, 2.05) is 30.3 Å². The molecule has 0 radical (unpaired) electrons. The van der Waals surface area contributed by atoms with Crippen LogP contribution in [0.25, 0.3) is 0 Å². The minimum atomic E-state index is -0.353. The summed E-state index contributed by atoms with van der Waals surface area (Å²) in [6, 6.07) is 15.2. The van der Waals surface area contributed by atoms with E-state index in [1.165, 1.54) is 31.2 Å². The van der Waals surface area contributed by atoms with Crippen LogP contribution in [0.2, 0.25) is 0 Å². The number of nitrogens with zero attached hydrogens (tertiary/aromatic N) is 1. The van der Waals surface area contributed by atoms with E-state index in [0.29, 0.717) is 18.8 Å². The number of hydrogen-bond donors (Lipinski definition) is 1. The van der Waals surface area contributed by atoms with Crippen LogP contribution in [0.5, 0.6) is 0 Å². The Bertz CT molecular complexity index is 656. The van der Waals surface area contributed by atoms with Gasteiger partial charge in [-0.3, -0.25) is 9.59 Å². The second-order valence-corrected chi connectivity index (χ2v) is 5.23. The molecule has 0 atom stereocenters. The van der Waals surface area contributed by atoms with Crippen LogP contribution < -0.4 is 5.32 Å². The molecule has 2 amide bonds. The smallest absolute Gasteiger partial charge is 0.226 e. The minimum Gasteiger partial charge on any atom is -0.338 e. The summed E-state index contributed by atoms with van der Waals surface area (Å²) >= 11 is 0. The van der Waals surface area contributed by atoms with E-state index in [0.717, 1.165) is 5.56 Å². The first-order valence-corrected chi connectivity index (χ1v) is 7.39. The molecule has 0 aromatic heterocycles. The first-order chi connectivity index (χ1) is 11.0. The number of carbonyl (C=O) groups is 2. The highest BCUT2D eigenvalue weighted by Crippen LogP contribution is 2.10. The second-order valence-electron chi connectivity index (χ2n) is 5.23. The lowest BCUT2D eigenvalue weighted by Crippen LogP contribution is -2.31. The summed E-state index contributed by atoms with van der Waals surface area (Å²) in [5.41, 5.74) is 1.55. The van der Waals surface area contributed by atoms with Crippen molar-refractivity contribution in [2.45, 2.75) is 19.9 Å². The van der Waals surface area contributed by atoms with Crippen molar-refractivity contribution < 1.29 is 14.0 Å². The first kappa shape index (κ1) is 16.7. The molecule has 0 unspecified atom stereocenters. The van der Waals surface area contributed by atoms with E-state index in [9.17, 15) is 14.0 Å². The Balaban J connectivity index is 1.87. The molecule has 0 aliphatic carbocycles. The maximum atomic E-state index is 12.8. The summed E-state index contributed by atoms with van der Waals surface area (Å²) in [7, 11) is 0. The van der Waals surface area contributed by atoms with E-state index in [2.05, 4.69) is 5.32 Å². The quantitative estimate of drug-likeness (QED) is 0.890. The van der Waals surface area contributed by atoms with E-state index in [-0.39, 0.29) is 24.1 Å². The van der Waals surface area contributed by atoms with Crippen LogP contribution in [0.4, 0.5) is 10.1 Å². The number of halogens is 1. The number of anilines is 1. The number of amides is 2. The zero-order valence-electron chi connectivity index (χ0n) is 13.0. The van der Waals surface area contributed by atoms with Crippen molar-refractivity contribution >= 4 is 17.5 Å². The highest BCUT2D eigenvalue weighted by atomic mass is 19.1. The van der Waals surface area contributed by atoms with E-state index in [1.54, 1.807) is 4.90 Å². The van der Waals surface area contributed by atoms with Gasteiger partial charge in [0.25, 0.3) is 0 Å². The van der Waals surface area contributed by atoms with Crippen LogP contribution in [0.15, 0.2) is 54.6 Å². The molecule has 2 aromatic rings. The minimum absolute atomic E-state index is 0.0802. The lowest BCUT2D eigenvalue weighted by Gasteiger charge is -2.21. The summed E-state index contributed by atoms with van der Waals surface area (Å²) < 4.78 is 12.8. The molecule has 23 heavy (non-hydrogen) atoms. The zero-order chi connectivity index (χ0) is 16.7. The highest BCUT2D eigenvalue weighted by molar-refractivity contribution is 5.91. The molecular weight excluding hydrogens is 295 g/mol. The molecule has 2 aromatic carbocycles. The summed E-state index contributed by atoms with van der Waals surface area (Å²) in [5, 5.41) is 2.68. The Hall–Kier alpha value is -2.69. The van der Waals surface area contributed by atoms with E-state index in [4.69, 9.17) is 0 Å². The van der Waals surface area contributed by atoms with Crippen LogP contribution in [-0.2, 0) is 16.1 Å². The normalized spacial score (nSPS) is 10.2. The van der Waals surface area contributed by atoms with Crippen molar-refractivity contribution in [3.05, 3.63) is 66.0 Å². The molecule has 0 bridgehead atoms. The average Bonchev–Trinajstić information content (AvgIpc) is 2.54. The molecule has 0 saturated carbocycles. The molecular formula is C18H19FN2O2. The lowest BCUT2D eigenvalue weighted by atomic mass is 10.2. The van der Waals surface area contributed by atoms with E-state index < -0.39 is 0 Å². The summed E-state index contributed by atoms with van der Waals surface area (Å²) in [4.78, 5) is 25.3. The SMILES string of the molecule is CC(=O)N(CCC(=O)Nc1ccc(F)cc1)Cc1ccccc1. The van der Waals surface area contributed by atoms with Gasteiger partial charge in [-0.2, -0.15) is 0 Å². The van der Waals surface area contributed by atoms with Crippen molar-refractivity contribution in [1.29, 1.82) is 0 Å². The first-order valence-electron chi connectivity index (χ1n) is 7.39. The van der Waals surface area contributed by atoms with Gasteiger partial charge in [-0.15, -0.1) is 0 Å². The van der Waals surface area contributed by atoms with E-state index >= 15 is 0 Å². The molecule has 5 heteroatoms. The molecule has 0 aliphatic rings. The van der Waals surface area contributed by atoms with Crippen molar-refractivity contribution in [3.63, 3.8) is 0 Å². The molecule has 0 aliphatic heterocycles. The predicted octanol–water partition coefficient (Wildman–Crippen LogP) is 3.20. The van der Waals surface area contributed by atoms with Gasteiger partial charge in [0.1, 0.15) is 5.82 Å². The van der Waals surface area contributed by atoms with Gasteiger partial charge in [0, 0.05) is 32.1 Å². The van der Waals surface area contributed by atoms with Crippen LogP contribution in [0.1, 0.15) is 18.9 Å². The van der Waals surface area contributed by atoms with Crippen LogP contribution in [0, 0.1) is 5.82 Å². The Morgan fingerprint density at radius 1 is 1.04 bits per heavy atom. The molecule has 120 valence electrons. The fourth-order valence-electron chi connectivity index (χ4n) is 2.14. The number of nitrogens with one attached hydrogen (secondary N) is 1. The van der Waals surface area contributed by atoms with Gasteiger partial charge in [-0.25, -0.2) is 4.39 Å². The third kappa shape index (κ3) is 5.54. The van der Waals surface area contributed by atoms with Gasteiger partial charge >= 0.3 is 0 Å². The summed E-state index contributed by atoms with van der Waals surface area (Å²) in [5.74, 6) is -0.645. The van der Waals surface area contributed by atoms with Gasteiger partial charge in [0.2, 0.25) is 11.8 Å². The van der Waals surface area contributed by atoms with Crippen molar-refractivity contribution in [2.75, 3.05) is 11.9 Å². The molecule has 0 heterocycles. The maximum absolute atomic E-state index is 12.8. The Morgan fingerprint density at radius 2 is 1.70 bits per heavy atom. The van der Waals surface area contributed by atoms with Crippen LogP contribution in [-0.4, -0.2) is 23.3 Å². The molecule has 4 nitrogen and oxygen atoms in total.